The minimum absolute atomic E-state index is 0.00981. The number of allylic oxidation sites excluding steroid dienone is 1. The Morgan fingerprint density at radius 2 is 1.16 bits per heavy atom. The third kappa shape index (κ3) is 17.8. The first-order chi connectivity index (χ1) is 30.5. The predicted octanol–water partition coefficient (Wildman–Crippen LogP) is 6.96. The monoisotopic (exact) mass is 857 g/mol. The molecule has 0 atom stereocenters. The number of ether oxygens (including phenoxy) is 4. The van der Waals surface area contributed by atoms with Gasteiger partial charge in [-0.2, -0.15) is 0 Å². The number of nitrogen functional groups attached to an aromatic ring is 2. The number of hydrogen-bond donors (Lipinski definition) is 5. The lowest BCUT2D eigenvalue weighted by molar-refractivity contribution is -0.107. The van der Waals surface area contributed by atoms with Crippen molar-refractivity contribution in [2.75, 3.05) is 53.0 Å². The number of carbonyl (C=O) groups is 4. The summed E-state index contributed by atoms with van der Waals surface area (Å²) in [5.41, 5.74) is 26.4. The molecule has 0 radical (unpaired) electrons. The number of fused-ring (bicyclic) bond motifs is 1. The number of rotatable bonds is 14. The lowest BCUT2D eigenvalue weighted by Crippen LogP contribution is -2.09. The molecule has 0 aliphatic carbocycles. The molecular formula is C49H55N5O9. The van der Waals surface area contributed by atoms with Gasteiger partial charge in [0.2, 0.25) is 0 Å². The Hall–Kier alpha value is -7.81. The number of pyridine rings is 1. The molecule has 0 amide bonds. The second-order valence-corrected chi connectivity index (χ2v) is 12.7. The number of methoxy groups -OCH3 is 4. The van der Waals surface area contributed by atoms with E-state index in [0.29, 0.717) is 54.0 Å². The van der Waals surface area contributed by atoms with Crippen molar-refractivity contribution >= 4 is 58.6 Å². The van der Waals surface area contributed by atoms with Crippen molar-refractivity contribution in [3.05, 3.63) is 166 Å². The standard InChI is InChI=1S/C11H15NO2.C11H12O3.C9H12N2O.C9H9NO2.C9H7NO/c2*1-13-10-5-6-11(14-2)9(8-10)4-3-7-12;10-6-5-9(12)7-3-1-2-4-8(7)11;10-8-4-2-1-3-7(8)9(12)5-6-11;11-9-5-6-10-8-4-2-1-3-7(8)9/h3-6,8H,7,12H2,1-2H3;3-8H,1-2H3;1-4H,5-6,10-11H2;1-4,6H,5,10H2;1-6H,(H,10,11)/b2*4-3+;;;. The largest absolute Gasteiger partial charge is 0.497 e. The van der Waals surface area contributed by atoms with Crippen LogP contribution in [0.3, 0.4) is 0 Å². The smallest absolute Gasteiger partial charge is 0.189 e. The summed E-state index contributed by atoms with van der Waals surface area (Å²) in [5, 5.41) is 0.745. The zero-order valence-electron chi connectivity index (χ0n) is 35.8. The third-order valence-electron chi connectivity index (χ3n) is 8.49. The zero-order chi connectivity index (χ0) is 46.4. The first-order valence-electron chi connectivity index (χ1n) is 19.4. The topological polar surface area (TPSA) is 242 Å². The van der Waals surface area contributed by atoms with E-state index in [0.717, 1.165) is 45.6 Å². The summed E-state index contributed by atoms with van der Waals surface area (Å²) < 4.78 is 20.5. The van der Waals surface area contributed by atoms with Crippen LogP contribution in [0.5, 0.6) is 23.0 Å². The van der Waals surface area contributed by atoms with Gasteiger partial charge in [-0.3, -0.25) is 19.2 Å². The zero-order valence-corrected chi connectivity index (χ0v) is 35.8. The number of ketones is 2. The Bertz CT molecular complexity index is 2480. The number of Topliss-reactive ketones (excluding diaryl/α,β-unsaturated/α-hetero) is 2. The molecule has 330 valence electrons. The van der Waals surface area contributed by atoms with Crippen LogP contribution in [0.2, 0.25) is 0 Å². The van der Waals surface area contributed by atoms with Gasteiger partial charge in [-0.25, -0.2) is 0 Å². The van der Waals surface area contributed by atoms with Crippen molar-refractivity contribution in [2.45, 2.75) is 12.8 Å². The Kier molecular flexibility index (Phi) is 24.0. The maximum Gasteiger partial charge on any atom is 0.189 e. The summed E-state index contributed by atoms with van der Waals surface area (Å²) in [6, 6.07) is 33.8. The Morgan fingerprint density at radius 1 is 0.635 bits per heavy atom. The van der Waals surface area contributed by atoms with Gasteiger partial charge in [0.15, 0.2) is 17.0 Å². The molecule has 14 nitrogen and oxygen atoms in total. The van der Waals surface area contributed by atoms with Gasteiger partial charge in [0.05, 0.1) is 34.9 Å². The number of para-hydroxylation sites is 3. The lowest BCUT2D eigenvalue weighted by Gasteiger charge is -2.06. The summed E-state index contributed by atoms with van der Waals surface area (Å²) in [4.78, 5) is 56.8. The van der Waals surface area contributed by atoms with E-state index in [2.05, 4.69) is 4.98 Å². The van der Waals surface area contributed by atoms with Crippen LogP contribution in [-0.2, 0) is 9.59 Å². The maximum atomic E-state index is 11.3. The van der Waals surface area contributed by atoms with Gasteiger partial charge in [-0.1, -0.05) is 48.6 Å². The minimum Gasteiger partial charge on any atom is -0.497 e. The fraction of sp³-hybridized carbons (Fsp3) is 0.163. The van der Waals surface area contributed by atoms with Crippen molar-refractivity contribution in [1.82, 2.24) is 4.98 Å². The van der Waals surface area contributed by atoms with Gasteiger partial charge >= 0.3 is 0 Å². The number of H-pyrrole nitrogens is 1. The van der Waals surface area contributed by atoms with E-state index < -0.39 is 0 Å². The highest BCUT2D eigenvalue weighted by molar-refractivity contribution is 6.06. The number of carbonyl (C=O) groups excluding carboxylic acids is 4. The number of hydrogen-bond acceptors (Lipinski definition) is 13. The normalized spacial score (nSPS) is 10.0. The molecule has 0 aliphatic rings. The summed E-state index contributed by atoms with van der Waals surface area (Å²) in [6.45, 7) is 0.882. The van der Waals surface area contributed by atoms with Gasteiger partial charge in [-0.05, 0) is 91.5 Å². The molecule has 6 aromatic rings. The van der Waals surface area contributed by atoms with Gasteiger partial charge in [0.1, 0.15) is 35.6 Å². The number of aromatic nitrogens is 1. The van der Waals surface area contributed by atoms with Gasteiger partial charge in [0.25, 0.3) is 0 Å². The molecule has 0 saturated carbocycles. The van der Waals surface area contributed by atoms with E-state index in [4.69, 9.17) is 41.9 Å². The van der Waals surface area contributed by atoms with Crippen LogP contribution in [0, 0.1) is 0 Å². The van der Waals surface area contributed by atoms with Crippen molar-refractivity contribution in [3.8, 4) is 23.0 Å². The second kappa shape index (κ2) is 29.4. The predicted molar refractivity (Wildman–Crippen MR) is 252 cm³/mol. The fourth-order valence-corrected chi connectivity index (χ4v) is 5.35. The van der Waals surface area contributed by atoms with E-state index in [1.807, 2.05) is 54.6 Å². The molecule has 0 spiro atoms. The average Bonchev–Trinajstić information content (AvgIpc) is 3.31. The van der Waals surface area contributed by atoms with Gasteiger partial charge in [0, 0.05) is 69.8 Å². The van der Waals surface area contributed by atoms with Crippen LogP contribution in [-0.4, -0.2) is 70.7 Å². The van der Waals surface area contributed by atoms with Crippen molar-refractivity contribution < 1.29 is 38.1 Å². The van der Waals surface area contributed by atoms with E-state index >= 15 is 0 Å². The SMILES string of the molecule is COc1ccc(OC)c(/C=C/C=O)c1.COc1ccc(OC)c(/C=C/CN)c1.NCCC(=O)c1ccccc1N.Nc1ccccc1C(=O)CC=O.O=c1cc[nH]c2ccccc12. The Morgan fingerprint density at radius 3 is 1.63 bits per heavy atom. The molecule has 0 unspecified atom stereocenters. The number of nitrogens with one attached hydrogen (secondary N) is 1. The van der Waals surface area contributed by atoms with E-state index in [1.165, 1.54) is 12.1 Å². The number of aromatic amines is 1. The van der Waals surface area contributed by atoms with Crippen LogP contribution in [0.25, 0.3) is 23.1 Å². The average molecular weight is 858 g/mol. The van der Waals surface area contributed by atoms with Crippen LogP contribution in [0.15, 0.2) is 138 Å². The minimum atomic E-state index is -0.233. The quantitative estimate of drug-likeness (QED) is 0.0245. The number of aldehydes is 2. The van der Waals surface area contributed by atoms with Crippen LogP contribution in [0.4, 0.5) is 11.4 Å². The summed E-state index contributed by atoms with van der Waals surface area (Å²) >= 11 is 0. The Labute approximate surface area is 367 Å². The number of nitrogens with two attached hydrogens (primary N) is 4. The summed E-state index contributed by atoms with van der Waals surface area (Å²) in [6.07, 6.45) is 10.1. The maximum absolute atomic E-state index is 11.3. The van der Waals surface area contributed by atoms with Gasteiger partial charge < -0.3 is 51.7 Å². The first kappa shape index (κ1) is 51.3. The molecule has 5 aromatic carbocycles. The molecule has 6 rings (SSSR count). The van der Waals surface area contributed by atoms with Crippen molar-refractivity contribution in [1.29, 1.82) is 0 Å². The second-order valence-electron chi connectivity index (χ2n) is 12.7. The first-order valence-corrected chi connectivity index (χ1v) is 19.4. The number of benzene rings is 5. The van der Waals surface area contributed by atoms with Crippen LogP contribution >= 0.6 is 0 Å². The van der Waals surface area contributed by atoms with Crippen molar-refractivity contribution in [3.63, 3.8) is 0 Å². The summed E-state index contributed by atoms with van der Waals surface area (Å²) in [7, 11) is 6.45. The molecular weight excluding hydrogens is 803 g/mol. The van der Waals surface area contributed by atoms with Crippen LogP contribution < -0.4 is 47.3 Å². The van der Waals surface area contributed by atoms with Gasteiger partial charge in [-0.15, -0.1) is 0 Å². The van der Waals surface area contributed by atoms with Crippen LogP contribution in [0.1, 0.15) is 44.7 Å². The van der Waals surface area contributed by atoms with E-state index in [-0.39, 0.29) is 23.4 Å². The highest BCUT2D eigenvalue weighted by Crippen LogP contribution is 2.26. The fourth-order valence-electron chi connectivity index (χ4n) is 5.35. The molecule has 1 aromatic heterocycles. The molecule has 0 fully saturated rings. The number of anilines is 2. The third-order valence-corrected chi connectivity index (χ3v) is 8.49. The molecule has 0 saturated heterocycles. The molecule has 14 heteroatoms. The van der Waals surface area contributed by atoms with E-state index in [9.17, 15) is 24.0 Å². The molecule has 63 heavy (non-hydrogen) atoms. The van der Waals surface area contributed by atoms with E-state index in [1.54, 1.807) is 107 Å². The molecule has 0 aliphatic heterocycles. The Balaban J connectivity index is 0.000000272. The summed E-state index contributed by atoms with van der Waals surface area (Å²) in [5.74, 6) is 2.84. The molecule has 9 N–H and O–H groups in total. The van der Waals surface area contributed by atoms with Crippen molar-refractivity contribution in [2.24, 2.45) is 11.5 Å². The molecule has 1 heterocycles. The lowest BCUT2D eigenvalue weighted by atomic mass is 10.1. The highest BCUT2D eigenvalue weighted by atomic mass is 16.5. The highest BCUT2D eigenvalue weighted by Gasteiger charge is 2.08. The molecule has 0 bridgehead atoms.